The molecule has 2 aliphatic rings. The topological polar surface area (TPSA) is 63.4 Å². The number of hydrogen-bond donors (Lipinski definition) is 1. The van der Waals surface area contributed by atoms with Gasteiger partial charge in [-0.05, 0) is 39.2 Å². The minimum atomic E-state index is -0.0717. The third-order valence-corrected chi connectivity index (χ3v) is 4.61. The largest absolute Gasteiger partial charge is 0.367 e. The molecule has 0 amide bonds. The molecule has 0 bridgehead atoms. The normalized spacial score (nSPS) is 31.7. The number of rotatable bonds is 3. The average Bonchev–Trinajstić information content (AvgIpc) is 2.97. The van der Waals surface area contributed by atoms with Gasteiger partial charge in [-0.3, -0.25) is 4.90 Å². The molecule has 6 heteroatoms. The summed E-state index contributed by atoms with van der Waals surface area (Å²) in [6, 6.07) is 0.701. The van der Waals surface area contributed by atoms with Crippen molar-refractivity contribution in [1.82, 2.24) is 20.4 Å². The fraction of sp³-hybridized carbons (Fsp3) is 0.867. The maximum atomic E-state index is 5.82. The predicted octanol–water partition coefficient (Wildman–Crippen LogP) is 1.91. The van der Waals surface area contributed by atoms with E-state index in [1.54, 1.807) is 0 Å². The van der Waals surface area contributed by atoms with Crippen molar-refractivity contribution in [3.8, 4) is 0 Å². The van der Waals surface area contributed by atoms with Gasteiger partial charge < -0.3 is 14.6 Å². The first-order valence-corrected chi connectivity index (χ1v) is 8.07. The van der Waals surface area contributed by atoms with Crippen molar-refractivity contribution in [3.05, 3.63) is 11.7 Å². The second-order valence-corrected chi connectivity index (χ2v) is 6.49. The van der Waals surface area contributed by atoms with Gasteiger partial charge in [0.1, 0.15) is 6.10 Å². The summed E-state index contributed by atoms with van der Waals surface area (Å²) < 4.78 is 11.3. The maximum Gasteiger partial charge on any atom is 0.244 e. The summed E-state index contributed by atoms with van der Waals surface area (Å²) in [6.07, 6.45) is 2.35. The highest BCUT2D eigenvalue weighted by molar-refractivity contribution is 5.00. The lowest BCUT2D eigenvalue weighted by atomic mass is 9.93. The third-order valence-electron chi connectivity index (χ3n) is 4.61. The van der Waals surface area contributed by atoms with E-state index in [1.165, 1.54) is 12.8 Å². The zero-order valence-electron chi connectivity index (χ0n) is 13.2. The summed E-state index contributed by atoms with van der Waals surface area (Å²) >= 11 is 0. The van der Waals surface area contributed by atoms with E-state index in [9.17, 15) is 0 Å². The molecule has 1 N–H and O–H groups in total. The molecular formula is C15H26N4O2. The molecule has 0 radical (unpaired) electrons. The summed E-state index contributed by atoms with van der Waals surface area (Å²) in [5.41, 5.74) is 0. The Morgan fingerprint density at radius 1 is 1.38 bits per heavy atom. The molecule has 6 nitrogen and oxygen atoms in total. The van der Waals surface area contributed by atoms with Crippen LogP contribution in [0.5, 0.6) is 0 Å². The first-order chi connectivity index (χ1) is 10.1. The zero-order chi connectivity index (χ0) is 14.8. The van der Waals surface area contributed by atoms with Crippen LogP contribution in [0, 0.1) is 5.92 Å². The van der Waals surface area contributed by atoms with Crippen molar-refractivity contribution in [1.29, 1.82) is 0 Å². The van der Waals surface area contributed by atoms with Gasteiger partial charge in [0.25, 0.3) is 0 Å². The van der Waals surface area contributed by atoms with E-state index in [4.69, 9.17) is 9.26 Å². The van der Waals surface area contributed by atoms with Gasteiger partial charge in [0.15, 0.2) is 0 Å². The first kappa shape index (κ1) is 14.9. The van der Waals surface area contributed by atoms with Gasteiger partial charge >= 0.3 is 0 Å². The van der Waals surface area contributed by atoms with E-state index in [0.29, 0.717) is 23.7 Å². The molecule has 0 spiro atoms. The second kappa shape index (κ2) is 6.42. The Morgan fingerprint density at radius 2 is 2.24 bits per heavy atom. The van der Waals surface area contributed by atoms with Crippen molar-refractivity contribution >= 4 is 0 Å². The summed E-state index contributed by atoms with van der Waals surface area (Å²) in [6.45, 7) is 10.2. The van der Waals surface area contributed by atoms with Crippen LogP contribution in [0.15, 0.2) is 4.52 Å². The number of ether oxygens (including phenoxy) is 1. The highest BCUT2D eigenvalue weighted by atomic mass is 16.5. The number of nitrogens with zero attached hydrogens (tertiary/aromatic N) is 3. The van der Waals surface area contributed by atoms with E-state index in [0.717, 1.165) is 26.2 Å². The van der Waals surface area contributed by atoms with Gasteiger partial charge in [0.05, 0.1) is 12.6 Å². The molecule has 2 aliphatic heterocycles. The zero-order valence-corrected chi connectivity index (χ0v) is 13.2. The van der Waals surface area contributed by atoms with E-state index >= 15 is 0 Å². The minimum Gasteiger partial charge on any atom is -0.367 e. The Bertz CT molecular complexity index is 462. The monoisotopic (exact) mass is 294 g/mol. The molecule has 21 heavy (non-hydrogen) atoms. The Kier molecular flexibility index (Phi) is 4.57. The number of piperidine rings is 1. The summed E-state index contributed by atoms with van der Waals surface area (Å²) in [5.74, 6) is 1.93. The van der Waals surface area contributed by atoms with Gasteiger partial charge in [-0.2, -0.15) is 4.98 Å². The molecule has 0 aromatic carbocycles. The number of morpholine rings is 1. The third kappa shape index (κ3) is 3.27. The quantitative estimate of drug-likeness (QED) is 0.919. The van der Waals surface area contributed by atoms with Crippen molar-refractivity contribution < 1.29 is 9.26 Å². The van der Waals surface area contributed by atoms with E-state index in [2.05, 4.69) is 41.1 Å². The van der Waals surface area contributed by atoms with Crippen molar-refractivity contribution in [2.24, 2.45) is 5.92 Å². The predicted molar refractivity (Wildman–Crippen MR) is 78.8 cm³/mol. The first-order valence-electron chi connectivity index (χ1n) is 8.07. The molecule has 0 aliphatic carbocycles. The van der Waals surface area contributed by atoms with Crippen LogP contribution < -0.4 is 5.32 Å². The molecule has 3 rings (SSSR count). The molecule has 3 heterocycles. The SMILES string of the molecule is CC1CCCNC1c1nc(C2CN(C(C)C)CCO2)no1. The van der Waals surface area contributed by atoms with E-state index in [-0.39, 0.29) is 12.1 Å². The minimum absolute atomic E-state index is 0.0717. The lowest BCUT2D eigenvalue weighted by Gasteiger charge is -2.34. The molecule has 3 atom stereocenters. The van der Waals surface area contributed by atoms with Crippen LogP contribution in [0.1, 0.15) is 57.5 Å². The van der Waals surface area contributed by atoms with Gasteiger partial charge in [-0.25, -0.2) is 0 Å². The maximum absolute atomic E-state index is 5.82. The second-order valence-electron chi connectivity index (χ2n) is 6.49. The summed E-state index contributed by atoms with van der Waals surface area (Å²) in [7, 11) is 0. The van der Waals surface area contributed by atoms with Crippen LogP contribution in [0.3, 0.4) is 0 Å². The average molecular weight is 294 g/mol. The highest BCUT2D eigenvalue weighted by Crippen LogP contribution is 2.29. The lowest BCUT2D eigenvalue weighted by molar-refractivity contribution is -0.0450. The van der Waals surface area contributed by atoms with E-state index in [1.807, 2.05) is 0 Å². The molecular weight excluding hydrogens is 268 g/mol. The van der Waals surface area contributed by atoms with Crippen LogP contribution in [0.4, 0.5) is 0 Å². The van der Waals surface area contributed by atoms with E-state index < -0.39 is 0 Å². The Labute approximate surface area is 126 Å². The molecule has 2 fully saturated rings. The van der Waals surface area contributed by atoms with Gasteiger partial charge in [-0.15, -0.1) is 0 Å². The van der Waals surface area contributed by atoms with Crippen LogP contribution >= 0.6 is 0 Å². The molecule has 2 saturated heterocycles. The Morgan fingerprint density at radius 3 is 3.00 bits per heavy atom. The fourth-order valence-electron chi connectivity index (χ4n) is 3.18. The van der Waals surface area contributed by atoms with Gasteiger partial charge in [-0.1, -0.05) is 12.1 Å². The number of nitrogens with one attached hydrogen (secondary N) is 1. The lowest BCUT2D eigenvalue weighted by Crippen LogP contribution is -2.42. The smallest absolute Gasteiger partial charge is 0.244 e. The molecule has 1 aromatic rings. The van der Waals surface area contributed by atoms with Crippen molar-refractivity contribution in [2.75, 3.05) is 26.2 Å². The van der Waals surface area contributed by atoms with Crippen LogP contribution in [0.25, 0.3) is 0 Å². The fourth-order valence-corrected chi connectivity index (χ4v) is 3.18. The Balaban J connectivity index is 1.69. The number of hydrogen-bond acceptors (Lipinski definition) is 6. The molecule has 0 saturated carbocycles. The van der Waals surface area contributed by atoms with Crippen molar-refractivity contribution in [3.63, 3.8) is 0 Å². The standard InChI is InChI=1S/C15H26N4O2/c1-10(2)19-7-8-20-12(9-19)14-17-15(21-18-14)13-11(3)5-4-6-16-13/h10-13,16H,4-9H2,1-3H3. The van der Waals surface area contributed by atoms with Gasteiger partial charge in [0, 0.05) is 19.1 Å². The summed E-state index contributed by atoms with van der Waals surface area (Å²) in [5, 5.41) is 7.65. The molecule has 3 unspecified atom stereocenters. The molecule has 1 aromatic heterocycles. The van der Waals surface area contributed by atoms with Crippen LogP contribution in [0.2, 0.25) is 0 Å². The van der Waals surface area contributed by atoms with Crippen molar-refractivity contribution in [2.45, 2.75) is 51.8 Å². The van der Waals surface area contributed by atoms with Crippen LogP contribution in [-0.4, -0.2) is 47.3 Å². The number of aromatic nitrogens is 2. The van der Waals surface area contributed by atoms with Gasteiger partial charge in [0.2, 0.25) is 11.7 Å². The summed E-state index contributed by atoms with van der Waals surface area (Å²) in [4.78, 5) is 7.00. The Hall–Kier alpha value is -0.980. The van der Waals surface area contributed by atoms with Crippen LogP contribution in [-0.2, 0) is 4.74 Å². The molecule has 118 valence electrons. The highest BCUT2D eigenvalue weighted by Gasteiger charge is 2.31.